The van der Waals surface area contributed by atoms with Gasteiger partial charge in [0.2, 0.25) is 0 Å². The molecule has 4 heteroatoms. The van der Waals surface area contributed by atoms with E-state index in [0.29, 0.717) is 6.54 Å². The molecule has 1 heterocycles. The van der Waals surface area contributed by atoms with Crippen molar-refractivity contribution in [3.8, 4) is 0 Å². The highest BCUT2D eigenvalue weighted by atomic mass is 16.1. The van der Waals surface area contributed by atoms with E-state index in [1.54, 1.807) is 4.57 Å². The largest absolute Gasteiger partial charge is 0.322 e. The molecule has 3 aromatic rings. The van der Waals surface area contributed by atoms with Crippen LogP contribution in [0.25, 0.3) is 11.0 Å². The fraction of sp³-hybridized carbons (Fsp3) is 0.222. The van der Waals surface area contributed by atoms with E-state index in [4.69, 9.17) is 5.73 Å². The van der Waals surface area contributed by atoms with Crippen molar-refractivity contribution in [2.45, 2.75) is 26.4 Å². The molecule has 0 saturated carbocycles. The first-order valence-corrected chi connectivity index (χ1v) is 7.33. The highest BCUT2D eigenvalue weighted by molar-refractivity contribution is 5.74. The Morgan fingerprint density at radius 2 is 1.91 bits per heavy atom. The number of rotatable bonds is 3. The summed E-state index contributed by atoms with van der Waals surface area (Å²) in [4.78, 5) is 16.3. The van der Waals surface area contributed by atoms with Crippen molar-refractivity contribution in [1.82, 2.24) is 9.55 Å². The quantitative estimate of drug-likeness (QED) is 0.807. The van der Waals surface area contributed by atoms with Crippen LogP contribution in [0.3, 0.4) is 0 Å². The molecule has 0 radical (unpaired) electrons. The second-order valence-corrected chi connectivity index (χ2v) is 5.65. The summed E-state index contributed by atoms with van der Waals surface area (Å²) in [5.74, 6) is 0. The molecule has 0 spiro atoms. The van der Waals surface area contributed by atoms with E-state index in [9.17, 15) is 4.79 Å². The Bertz CT molecular complexity index is 883. The maximum absolute atomic E-state index is 12.2. The van der Waals surface area contributed by atoms with Gasteiger partial charge in [0.1, 0.15) is 0 Å². The second-order valence-electron chi connectivity index (χ2n) is 5.65. The lowest BCUT2D eigenvalue weighted by Gasteiger charge is -2.17. The van der Waals surface area contributed by atoms with Crippen LogP contribution in [0, 0.1) is 13.8 Å². The van der Waals surface area contributed by atoms with E-state index in [1.165, 1.54) is 17.3 Å². The minimum absolute atomic E-state index is 0.127. The maximum Gasteiger partial charge on any atom is 0.269 e. The molecule has 2 N–H and O–H groups in total. The second kappa shape index (κ2) is 5.73. The highest BCUT2D eigenvalue weighted by Crippen LogP contribution is 2.18. The Labute approximate surface area is 129 Å². The topological polar surface area (TPSA) is 60.9 Å². The number of nitrogens with two attached hydrogens (primary N) is 1. The molecule has 0 saturated heterocycles. The summed E-state index contributed by atoms with van der Waals surface area (Å²) in [5, 5.41) is 0. The molecule has 0 bridgehead atoms. The number of fused-ring (bicyclic) bond motifs is 1. The van der Waals surface area contributed by atoms with Gasteiger partial charge in [-0.2, -0.15) is 0 Å². The summed E-state index contributed by atoms with van der Waals surface area (Å²) in [6.07, 6.45) is 1.36. The van der Waals surface area contributed by atoms with Gasteiger partial charge in [0.25, 0.3) is 5.56 Å². The number of aromatic nitrogens is 2. The third-order valence-corrected chi connectivity index (χ3v) is 4.09. The third kappa shape index (κ3) is 2.65. The fourth-order valence-electron chi connectivity index (χ4n) is 2.60. The molecule has 1 aromatic heterocycles. The molecule has 1 atom stereocenters. The maximum atomic E-state index is 12.2. The van der Waals surface area contributed by atoms with Gasteiger partial charge >= 0.3 is 0 Å². The summed E-state index contributed by atoms with van der Waals surface area (Å²) >= 11 is 0. The molecule has 112 valence electrons. The van der Waals surface area contributed by atoms with Crippen LogP contribution in [0.4, 0.5) is 0 Å². The molecule has 0 fully saturated rings. The van der Waals surface area contributed by atoms with Crippen molar-refractivity contribution in [3.05, 3.63) is 75.7 Å². The standard InChI is InChI=1S/C18H19N3O/c1-12-7-8-14(9-13(12)2)15(19)11-21-17-6-4-3-5-16(17)20-10-18(21)22/h3-10,15H,11,19H2,1-2H3. The molecule has 0 aliphatic rings. The number of nitrogens with zero attached hydrogens (tertiary/aromatic N) is 2. The summed E-state index contributed by atoms with van der Waals surface area (Å²) < 4.78 is 1.70. The zero-order chi connectivity index (χ0) is 15.7. The van der Waals surface area contributed by atoms with Crippen LogP contribution in [0.15, 0.2) is 53.5 Å². The molecular weight excluding hydrogens is 274 g/mol. The first-order valence-electron chi connectivity index (χ1n) is 7.33. The molecule has 4 nitrogen and oxygen atoms in total. The first-order chi connectivity index (χ1) is 10.6. The van der Waals surface area contributed by atoms with Gasteiger partial charge in [0.15, 0.2) is 0 Å². The Balaban J connectivity index is 2.00. The van der Waals surface area contributed by atoms with E-state index in [0.717, 1.165) is 16.6 Å². The van der Waals surface area contributed by atoms with Gasteiger partial charge in [-0.25, -0.2) is 4.98 Å². The number of para-hydroxylation sites is 2. The summed E-state index contributed by atoms with van der Waals surface area (Å²) in [7, 11) is 0. The number of benzene rings is 2. The van der Waals surface area contributed by atoms with Gasteiger partial charge in [-0.3, -0.25) is 4.79 Å². The van der Waals surface area contributed by atoms with Crippen molar-refractivity contribution in [3.63, 3.8) is 0 Å². The number of aryl methyl sites for hydroxylation is 2. The summed E-state index contributed by atoms with van der Waals surface area (Å²) in [6.45, 7) is 4.58. The summed E-state index contributed by atoms with van der Waals surface area (Å²) in [6, 6.07) is 13.6. The Hall–Kier alpha value is -2.46. The molecule has 0 aliphatic carbocycles. The van der Waals surface area contributed by atoms with Gasteiger partial charge in [-0.1, -0.05) is 30.3 Å². The molecule has 0 aliphatic heterocycles. The average Bonchev–Trinajstić information content (AvgIpc) is 2.52. The normalized spacial score (nSPS) is 12.5. The van der Waals surface area contributed by atoms with Gasteiger partial charge in [-0.15, -0.1) is 0 Å². The summed E-state index contributed by atoms with van der Waals surface area (Å²) in [5.41, 5.74) is 11.3. The predicted molar refractivity (Wildman–Crippen MR) is 88.8 cm³/mol. The van der Waals surface area contributed by atoms with Gasteiger partial charge in [0.05, 0.1) is 17.2 Å². The van der Waals surface area contributed by atoms with Crippen LogP contribution in [0.1, 0.15) is 22.7 Å². The van der Waals surface area contributed by atoms with Crippen LogP contribution in [0.2, 0.25) is 0 Å². The van der Waals surface area contributed by atoms with Gasteiger partial charge in [0, 0.05) is 12.6 Å². The van der Waals surface area contributed by atoms with Gasteiger partial charge in [-0.05, 0) is 42.7 Å². The van der Waals surface area contributed by atoms with Crippen molar-refractivity contribution in [1.29, 1.82) is 0 Å². The Kier molecular flexibility index (Phi) is 3.77. The minimum Gasteiger partial charge on any atom is -0.322 e. The number of hydrogen-bond donors (Lipinski definition) is 1. The Morgan fingerprint density at radius 3 is 2.68 bits per heavy atom. The van der Waals surface area contributed by atoms with E-state index in [-0.39, 0.29) is 11.6 Å². The first kappa shape index (κ1) is 14.5. The van der Waals surface area contributed by atoms with Gasteiger partial charge < -0.3 is 10.3 Å². The number of hydrogen-bond acceptors (Lipinski definition) is 3. The van der Waals surface area contributed by atoms with E-state index in [2.05, 4.69) is 31.0 Å². The van der Waals surface area contributed by atoms with E-state index >= 15 is 0 Å². The lowest BCUT2D eigenvalue weighted by atomic mass is 10.0. The lowest BCUT2D eigenvalue weighted by molar-refractivity contribution is 0.575. The molecule has 3 rings (SSSR count). The predicted octanol–water partition coefficient (Wildman–Crippen LogP) is 2.71. The smallest absolute Gasteiger partial charge is 0.269 e. The van der Waals surface area contributed by atoms with Crippen LogP contribution in [0.5, 0.6) is 0 Å². The third-order valence-electron chi connectivity index (χ3n) is 4.09. The van der Waals surface area contributed by atoms with E-state index in [1.807, 2.05) is 30.3 Å². The van der Waals surface area contributed by atoms with Crippen molar-refractivity contribution in [2.24, 2.45) is 5.73 Å². The van der Waals surface area contributed by atoms with Crippen LogP contribution >= 0.6 is 0 Å². The van der Waals surface area contributed by atoms with Crippen molar-refractivity contribution >= 4 is 11.0 Å². The molecule has 2 aromatic carbocycles. The minimum atomic E-state index is -0.234. The molecule has 22 heavy (non-hydrogen) atoms. The monoisotopic (exact) mass is 293 g/mol. The average molecular weight is 293 g/mol. The zero-order valence-electron chi connectivity index (χ0n) is 12.8. The molecular formula is C18H19N3O. The van der Waals surface area contributed by atoms with E-state index < -0.39 is 0 Å². The van der Waals surface area contributed by atoms with Crippen LogP contribution < -0.4 is 11.3 Å². The molecule has 1 unspecified atom stereocenters. The SMILES string of the molecule is Cc1ccc(C(N)Cn2c(=O)cnc3ccccc32)cc1C. The fourth-order valence-corrected chi connectivity index (χ4v) is 2.60. The van der Waals surface area contributed by atoms with Crippen molar-refractivity contribution < 1.29 is 0 Å². The lowest BCUT2D eigenvalue weighted by Crippen LogP contribution is -2.27. The van der Waals surface area contributed by atoms with Crippen LogP contribution in [-0.2, 0) is 6.54 Å². The highest BCUT2D eigenvalue weighted by Gasteiger charge is 2.11. The van der Waals surface area contributed by atoms with Crippen molar-refractivity contribution in [2.75, 3.05) is 0 Å². The zero-order valence-corrected chi connectivity index (χ0v) is 12.8. The van der Waals surface area contributed by atoms with Crippen LogP contribution in [-0.4, -0.2) is 9.55 Å². The Morgan fingerprint density at radius 1 is 1.14 bits per heavy atom. The molecule has 0 amide bonds.